The van der Waals surface area contributed by atoms with Crippen molar-refractivity contribution in [1.82, 2.24) is 9.69 Å². The van der Waals surface area contributed by atoms with Gasteiger partial charge in [0, 0.05) is 12.1 Å². The maximum absolute atomic E-state index is 10.4. The molecule has 0 aliphatic carbocycles. The van der Waals surface area contributed by atoms with Crippen LogP contribution in [-0.4, -0.2) is 20.1 Å². The molecule has 0 bridgehead atoms. The van der Waals surface area contributed by atoms with Crippen LogP contribution in [0, 0.1) is 0 Å². The van der Waals surface area contributed by atoms with Crippen LogP contribution in [0.1, 0.15) is 0 Å². The first-order valence-electron chi connectivity index (χ1n) is 2.37. The molecule has 10 heavy (non-hydrogen) atoms. The minimum atomic E-state index is -0.873. The zero-order chi connectivity index (χ0) is 7.72. The van der Waals surface area contributed by atoms with Gasteiger partial charge in [-0.2, -0.15) is 0 Å². The fraction of sp³-hybridized carbons (Fsp3) is 0. The van der Waals surface area contributed by atoms with Crippen LogP contribution in [0.25, 0.3) is 0 Å². The third-order valence-electron chi connectivity index (χ3n) is 0.942. The van der Waals surface area contributed by atoms with Crippen molar-refractivity contribution >= 4 is 0 Å². The van der Waals surface area contributed by atoms with Gasteiger partial charge in [0.2, 0.25) is 0 Å². The molecule has 1 aromatic heterocycles. The lowest BCUT2D eigenvalue weighted by molar-refractivity contribution is -0.0287. The van der Waals surface area contributed by atoms with Gasteiger partial charge in [0.15, 0.2) is 0 Å². The fourth-order valence-electron chi connectivity index (χ4n) is 0.463. The lowest BCUT2D eigenvalue weighted by Gasteiger charge is -1.97. The number of rotatable bonds is 0. The van der Waals surface area contributed by atoms with Gasteiger partial charge in [0.05, 0.1) is 0 Å². The second kappa shape index (κ2) is 1.90. The summed E-state index contributed by atoms with van der Waals surface area (Å²) < 4.78 is 0. The van der Waals surface area contributed by atoms with E-state index in [1.54, 1.807) is 0 Å². The molecular formula is C4H4N2O4. The van der Waals surface area contributed by atoms with E-state index in [-0.39, 0.29) is 9.69 Å². The second-order valence-corrected chi connectivity index (χ2v) is 1.59. The van der Waals surface area contributed by atoms with Gasteiger partial charge in [-0.15, -0.1) is 0 Å². The first-order chi connectivity index (χ1) is 4.63. The van der Waals surface area contributed by atoms with Crippen molar-refractivity contribution in [2.45, 2.75) is 0 Å². The molecule has 2 N–H and O–H groups in total. The number of aromatic nitrogens is 2. The van der Waals surface area contributed by atoms with Gasteiger partial charge in [-0.25, -0.2) is 0 Å². The zero-order valence-corrected chi connectivity index (χ0v) is 4.76. The largest absolute Gasteiger partial charge is 0.408 e. The Labute approximate surface area is 54.1 Å². The Bertz CT molecular complexity index is 314. The summed E-state index contributed by atoms with van der Waals surface area (Å²) in [7, 11) is 0. The molecule has 54 valence electrons. The molecule has 0 saturated carbocycles. The molecule has 0 atom stereocenters. The SMILES string of the molecule is O=c1ccc(=O)n(O)n1O. The van der Waals surface area contributed by atoms with Crippen LogP contribution in [0.2, 0.25) is 0 Å². The molecule has 1 rings (SSSR count). The van der Waals surface area contributed by atoms with Gasteiger partial charge in [-0.1, -0.05) is 0 Å². The molecule has 0 aromatic carbocycles. The topological polar surface area (TPSA) is 84.5 Å². The van der Waals surface area contributed by atoms with Crippen LogP contribution in [0.4, 0.5) is 0 Å². The van der Waals surface area contributed by atoms with E-state index >= 15 is 0 Å². The molecule has 0 amide bonds. The van der Waals surface area contributed by atoms with E-state index in [0.29, 0.717) is 0 Å². The molecule has 0 unspecified atom stereocenters. The Balaban J connectivity index is 3.65. The van der Waals surface area contributed by atoms with Crippen molar-refractivity contribution < 1.29 is 10.4 Å². The van der Waals surface area contributed by atoms with E-state index < -0.39 is 11.1 Å². The lowest BCUT2D eigenvalue weighted by atomic mass is 10.6. The highest BCUT2D eigenvalue weighted by molar-refractivity contribution is 4.84. The molecule has 6 heteroatoms. The van der Waals surface area contributed by atoms with Crippen LogP contribution in [0.15, 0.2) is 21.7 Å². The number of nitrogens with zero attached hydrogens (tertiary/aromatic N) is 2. The average Bonchev–Trinajstić information content (AvgIpc) is 1.93. The normalized spacial score (nSPS) is 9.60. The second-order valence-electron chi connectivity index (χ2n) is 1.59. The number of hydrogen-bond donors (Lipinski definition) is 2. The van der Waals surface area contributed by atoms with E-state index in [4.69, 9.17) is 10.4 Å². The van der Waals surface area contributed by atoms with Crippen LogP contribution in [-0.2, 0) is 0 Å². The summed E-state index contributed by atoms with van der Waals surface area (Å²) in [5, 5.41) is 17.0. The molecule has 1 aromatic rings. The van der Waals surface area contributed by atoms with Crippen molar-refractivity contribution in [2.24, 2.45) is 0 Å². The highest BCUT2D eigenvalue weighted by Crippen LogP contribution is 1.63. The number of hydrogen-bond acceptors (Lipinski definition) is 4. The summed E-state index contributed by atoms with van der Waals surface area (Å²) in [5.74, 6) is 0. The van der Waals surface area contributed by atoms with Crippen molar-refractivity contribution in [2.75, 3.05) is 0 Å². The first-order valence-corrected chi connectivity index (χ1v) is 2.37. The molecule has 0 radical (unpaired) electrons. The molecule has 0 aliphatic rings. The van der Waals surface area contributed by atoms with Gasteiger partial charge in [0.25, 0.3) is 0 Å². The average molecular weight is 144 g/mol. The maximum atomic E-state index is 10.4. The predicted octanol–water partition coefficient (Wildman–Crippen LogP) is -1.52. The standard InChI is InChI=1S/C4H4N2O4/c7-3-1-2-4(8)6(10)5(3)9/h1-2,9-10H. The molecule has 0 spiro atoms. The van der Waals surface area contributed by atoms with E-state index in [9.17, 15) is 9.59 Å². The van der Waals surface area contributed by atoms with Gasteiger partial charge >= 0.3 is 11.1 Å². The van der Waals surface area contributed by atoms with Gasteiger partial charge < -0.3 is 10.4 Å². The Kier molecular flexibility index (Phi) is 1.22. The van der Waals surface area contributed by atoms with Crippen molar-refractivity contribution in [3.8, 4) is 0 Å². The van der Waals surface area contributed by atoms with Gasteiger partial charge in [-0.05, 0) is 9.69 Å². The summed E-state index contributed by atoms with van der Waals surface area (Å²) >= 11 is 0. The van der Waals surface area contributed by atoms with Crippen molar-refractivity contribution in [3.05, 3.63) is 32.8 Å². The third-order valence-corrected chi connectivity index (χ3v) is 0.942. The summed E-state index contributed by atoms with van der Waals surface area (Å²) in [6.07, 6.45) is 0. The van der Waals surface area contributed by atoms with E-state index in [1.807, 2.05) is 0 Å². The summed E-state index contributed by atoms with van der Waals surface area (Å²) in [6.45, 7) is 0. The van der Waals surface area contributed by atoms with Crippen molar-refractivity contribution in [3.63, 3.8) is 0 Å². The molecule has 1 heterocycles. The first kappa shape index (κ1) is 6.40. The molecular weight excluding hydrogens is 140 g/mol. The van der Waals surface area contributed by atoms with Crippen LogP contribution >= 0.6 is 0 Å². The smallest absolute Gasteiger partial charge is 0.304 e. The Hall–Kier alpha value is -1.72. The van der Waals surface area contributed by atoms with Crippen LogP contribution in [0.5, 0.6) is 0 Å². The van der Waals surface area contributed by atoms with Crippen LogP contribution in [0.3, 0.4) is 0 Å². The Morgan fingerprint density at radius 3 is 1.60 bits per heavy atom. The maximum Gasteiger partial charge on any atom is 0.304 e. The highest BCUT2D eigenvalue weighted by Gasteiger charge is 1.98. The minimum absolute atomic E-state index is 0.192. The molecule has 0 fully saturated rings. The Morgan fingerprint density at radius 2 is 1.30 bits per heavy atom. The van der Waals surface area contributed by atoms with Crippen molar-refractivity contribution in [1.29, 1.82) is 0 Å². The minimum Gasteiger partial charge on any atom is -0.408 e. The third kappa shape index (κ3) is 0.750. The summed E-state index contributed by atoms with van der Waals surface area (Å²) in [4.78, 5) is 20.4. The molecule has 6 nitrogen and oxygen atoms in total. The van der Waals surface area contributed by atoms with Gasteiger partial charge in [0.1, 0.15) is 0 Å². The quantitative estimate of drug-likeness (QED) is 0.433. The molecule has 0 aliphatic heterocycles. The fourth-order valence-corrected chi connectivity index (χ4v) is 0.463. The zero-order valence-electron chi connectivity index (χ0n) is 4.76. The summed E-state index contributed by atoms with van der Waals surface area (Å²) in [5.41, 5.74) is -1.75. The highest BCUT2D eigenvalue weighted by atomic mass is 16.6. The van der Waals surface area contributed by atoms with Crippen LogP contribution < -0.4 is 11.1 Å². The Morgan fingerprint density at radius 1 is 1.00 bits per heavy atom. The van der Waals surface area contributed by atoms with E-state index in [2.05, 4.69) is 0 Å². The van der Waals surface area contributed by atoms with E-state index in [1.165, 1.54) is 0 Å². The monoisotopic (exact) mass is 144 g/mol. The summed E-state index contributed by atoms with van der Waals surface area (Å²) in [6, 6.07) is 1.68. The van der Waals surface area contributed by atoms with Gasteiger partial charge in [-0.3, -0.25) is 9.59 Å². The lowest BCUT2D eigenvalue weighted by Crippen LogP contribution is -2.34. The molecule has 0 saturated heterocycles. The predicted molar refractivity (Wildman–Crippen MR) is 29.3 cm³/mol. The van der Waals surface area contributed by atoms with E-state index in [0.717, 1.165) is 12.1 Å².